The van der Waals surface area contributed by atoms with Gasteiger partial charge < -0.3 is 4.74 Å². The summed E-state index contributed by atoms with van der Waals surface area (Å²) in [6, 6.07) is 11.3. The number of hydrogen-bond donors (Lipinski definition) is 0. The fraction of sp³-hybridized carbons (Fsp3) is 0. The first-order valence-electron chi connectivity index (χ1n) is 6.56. The van der Waals surface area contributed by atoms with Crippen LogP contribution in [-0.2, 0) is 9.53 Å². The predicted molar refractivity (Wildman–Crippen MR) is 80.1 cm³/mol. The average Bonchev–Trinajstić information content (AvgIpc) is 2.88. The molecule has 0 unspecified atom stereocenters. The third kappa shape index (κ3) is 3.13. The van der Waals surface area contributed by atoms with Gasteiger partial charge in [0.15, 0.2) is 5.70 Å². The number of carbonyl (C=O) groups excluding carboxylic acids is 1. The SMILES string of the molecule is O=C1OC(c2cccc([N+](=O)[O-])c2)=NC1=Cc1cccc(F)c1. The number of esters is 1. The number of rotatable bonds is 3. The van der Waals surface area contributed by atoms with Gasteiger partial charge in [-0.3, -0.25) is 10.1 Å². The molecule has 0 atom stereocenters. The molecular weight excluding hydrogens is 303 g/mol. The molecule has 0 fully saturated rings. The fourth-order valence-corrected chi connectivity index (χ4v) is 2.04. The Hall–Kier alpha value is -3.35. The maximum absolute atomic E-state index is 13.2. The van der Waals surface area contributed by atoms with Crippen molar-refractivity contribution >= 4 is 23.6 Å². The topological polar surface area (TPSA) is 81.8 Å². The first kappa shape index (κ1) is 14.6. The lowest BCUT2D eigenvalue weighted by atomic mass is 10.2. The predicted octanol–water partition coefficient (Wildman–Crippen LogP) is 3.08. The maximum atomic E-state index is 13.2. The molecule has 0 saturated carbocycles. The Balaban J connectivity index is 1.95. The number of nitrogens with zero attached hydrogens (tertiary/aromatic N) is 2. The van der Waals surface area contributed by atoms with Crippen molar-refractivity contribution in [3.05, 3.63) is 81.3 Å². The van der Waals surface area contributed by atoms with E-state index in [-0.39, 0.29) is 17.3 Å². The molecule has 0 N–H and O–H groups in total. The molecule has 3 rings (SSSR count). The zero-order valence-electron chi connectivity index (χ0n) is 11.6. The summed E-state index contributed by atoms with van der Waals surface area (Å²) in [6.07, 6.45) is 1.38. The summed E-state index contributed by atoms with van der Waals surface area (Å²) in [5.74, 6) is -1.16. The van der Waals surface area contributed by atoms with E-state index in [0.717, 1.165) is 0 Å². The Bertz CT molecular complexity index is 874. The summed E-state index contributed by atoms with van der Waals surface area (Å²) in [6.45, 7) is 0. The molecule has 1 aliphatic rings. The summed E-state index contributed by atoms with van der Waals surface area (Å²) in [7, 11) is 0. The second kappa shape index (κ2) is 5.80. The normalized spacial score (nSPS) is 15.4. The van der Waals surface area contributed by atoms with Crippen molar-refractivity contribution in [3.8, 4) is 0 Å². The van der Waals surface area contributed by atoms with Crippen molar-refractivity contribution < 1.29 is 18.8 Å². The molecule has 0 bridgehead atoms. The monoisotopic (exact) mass is 312 g/mol. The molecule has 0 aromatic heterocycles. The molecule has 0 saturated heterocycles. The average molecular weight is 312 g/mol. The van der Waals surface area contributed by atoms with Crippen LogP contribution in [0, 0.1) is 15.9 Å². The fourth-order valence-electron chi connectivity index (χ4n) is 2.04. The van der Waals surface area contributed by atoms with Gasteiger partial charge in [-0.1, -0.05) is 18.2 Å². The van der Waals surface area contributed by atoms with Crippen molar-refractivity contribution in [1.82, 2.24) is 0 Å². The molecule has 0 radical (unpaired) electrons. The summed E-state index contributed by atoms with van der Waals surface area (Å²) >= 11 is 0. The number of benzene rings is 2. The Kier molecular flexibility index (Phi) is 3.68. The molecule has 0 spiro atoms. The zero-order chi connectivity index (χ0) is 16.4. The zero-order valence-corrected chi connectivity index (χ0v) is 11.6. The van der Waals surface area contributed by atoms with Crippen LogP contribution in [0.15, 0.2) is 59.2 Å². The minimum absolute atomic E-state index is 0.00268. The molecule has 0 aliphatic carbocycles. The van der Waals surface area contributed by atoms with Crippen LogP contribution in [0.2, 0.25) is 0 Å². The number of cyclic esters (lactones) is 1. The quantitative estimate of drug-likeness (QED) is 0.377. The van der Waals surface area contributed by atoms with Gasteiger partial charge in [0.1, 0.15) is 5.82 Å². The molecule has 2 aromatic rings. The van der Waals surface area contributed by atoms with Crippen LogP contribution in [-0.4, -0.2) is 16.8 Å². The lowest BCUT2D eigenvalue weighted by Crippen LogP contribution is -2.05. The molecule has 114 valence electrons. The van der Waals surface area contributed by atoms with Crippen molar-refractivity contribution in [3.63, 3.8) is 0 Å². The summed E-state index contributed by atoms with van der Waals surface area (Å²) in [5, 5.41) is 10.8. The maximum Gasteiger partial charge on any atom is 0.363 e. The number of ether oxygens (including phenoxy) is 1. The molecule has 2 aromatic carbocycles. The van der Waals surface area contributed by atoms with Gasteiger partial charge in [-0.25, -0.2) is 14.2 Å². The third-order valence-corrected chi connectivity index (χ3v) is 3.08. The Morgan fingerprint density at radius 2 is 1.96 bits per heavy atom. The molecule has 7 heteroatoms. The number of nitro groups is 1. The van der Waals surface area contributed by atoms with Crippen LogP contribution in [0.4, 0.5) is 10.1 Å². The molecule has 6 nitrogen and oxygen atoms in total. The second-order valence-corrected chi connectivity index (χ2v) is 4.70. The van der Waals surface area contributed by atoms with Gasteiger partial charge in [0.05, 0.1) is 4.92 Å². The smallest absolute Gasteiger partial charge is 0.363 e. The lowest BCUT2D eigenvalue weighted by molar-refractivity contribution is -0.384. The van der Waals surface area contributed by atoms with Crippen LogP contribution >= 0.6 is 0 Å². The minimum Gasteiger partial charge on any atom is -0.402 e. The number of carbonyl (C=O) groups is 1. The van der Waals surface area contributed by atoms with E-state index >= 15 is 0 Å². The van der Waals surface area contributed by atoms with Crippen molar-refractivity contribution in [1.29, 1.82) is 0 Å². The summed E-state index contributed by atoms with van der Waals surface area (Å²) in [4.78, 5) is 26.1. The molecule has 1 aliphatic heterocycles. The van der Waals surface area contributed by atoms with Gasteiger partial charge in [-0.05, 0) is 29.8 Å². The Morgan fingerprint density at radius 3 is 2.70 bits per heavy atom. The van der Waals surface area contributed by atoms with Crippen LogP contribution in [0.3, 0.4) is 0 Å². The third-order valence-electron chi connectivity index (χ3n) is 3.08. The van der Waals surface area contributed by atoms with Gasteiger partial charge >= 0.3 is 5.97 Å². The molecular formula is C16H9FN2O4. The van der Waals surface area contributed by atoms with Gasteiger partial charge in [-0.15, -0.1) is 0 Å². The first-order chi connectivity index (χ1) is 11.0. The van der Waals surface area contributed by atoms with Crippen molar-refractivity contribution in [2.24, 2.45) is 4.99 Å². The number of non-ortho nitro benzene ring substituents is 1. The van der Waals surface area contributed by atoms with Gasteiger partial charge in [0, 0.05) is 17.7 Å². The molecule has 23 heavy (non-hydrogen) atoms. The van der Waals surface area contributed by atoms with Crippen LogP contribution in [0.1, 0.15) is 11.1 Å². The van der Waals surface area contributed by atoms with E-state index in [2.05, 4.69) is 4.99 Å². The number of nitro benzene ring substituents is 1. The summed E-state index contributed by atoms with van der Waals surface area (Å²) in [5.41, 5.74) is 0.636. The van der Waals surface area contributed by atoms with Gasteiger partial charge in [0.2, 0.25) is 5.90 Å². The van der Waals surface area contributed by atoms with E-state index < -0.39 is 16.7 Å². The van der Waals surface area contributed by atoms with Crippen LogP contribution < -0.4 is 0 Å². The molecule has 0 amide bonds. The highest BCUT2D eigenvalue weighted by atomic mass is 19.1. The molecule has 1 heterocycles. The second-order valence-electron chi connectivity index (χ2n) is 4.70. The highest BCUT2D eigenvalue weighted by Gasteiger charge is 2.25. The number of aliphatic imine (C=N–C) groups is 1. The van der Waals surface area contributed by atoms with E-state index in [4.69, 9.17) is 4.74 Å². The van der Waals surface area contributed by atoms with E-state index in [1.165, 1.54) is 42.5 Å². The number of halogens is 1. The highest BCUT2D eigenvalue weighted by molar-refractivity contribution is 6.13. The first-order valence-corrected chi connectivity index (χ1v) is 6.56. The summed E-state index contributed by atoms with van der Waals surface area (Å²) < 4.78 is 18.2. The van der Waals surface area contributed by atoms with Crippen molar-refractivity contribution in [2.45, 2.75) is 0 Å². The number of hydrogen-bond acceptors (Lipinski definition) is 5. The van der Waals surface area contributed by atoms with E-state index in [1.807, 2.05) is 0 Å². The largest absolute Gasteiger partial charge is 0.402 e. The van der Waals surface area contributed by atoms with Gasteiger partial charge in [0.25, 0.3) is 5.69 Å². The standard InChI is InChI=1S/C16H9FN2O4/c17-12-5-1-3-10(7-12)8-14-16(20)23-15(18-14)11-4-2-6-13(9-11)19(21)22/h1-9H. The van der Waals surface area contributed by atoms with E-state index in [9.17, 15) is 19.3 Å². The highest BCUT2D eigenvalue weighted by Crippen LogP contribution is 2.21. The van der Waals surface area contributed by atoms with Gasteiger partial charge in [-0.2, -0.15) is 0 Å². The van der Waals surface area contributed by atoms with Crippen molar-refractivity contribution in [2.75, 3.05) is 0 Å². The van der Waals surface area contributed by atoms with E-state index in [0.29, 0.717) is 11.1 Å². The van der Waals surface area contributed by atoms with Crippen LogP contribution in [0.5, 0.6) is 0 Å². The Labute approximate surface area is 129 Å². The van der Waals surface area contributed by atoms with E-state index in [1.54, 1.807) is 12.1 Å². The minimum atomic E-state index is -0.698. The van der Waals surface area contributed by atoms with Crippen LogP contribution in [0.25, 0.3) is 6.08 Å². The Morgan fingerprint density at radius 1 is 1.17 bits per heavy atom. The lowest BCUT2D eigenvalue weighted by Gasteiger charge is -1.98.